The summed E-state index contributed by atoms with van der Waals surface area (Å²) in [5.74, 6) is 0. The van der Waals surface area contributed by atoms with Crippen molar-refractivity contribution in [2.45, 2.75) is 26.3 Å². The standard InChI is InChI=1S/C10H18BrN3/c1-3-9-7-10(14(2)13-9)8-12-6-4-5-11/h7,12H,3-6,8H2,1-2H3. The van der Waals surface area contributed by atoms with Gasteiger partial charge in [0.25, 0.3) is 0 Å². The molecule has 0 aliphatic carbocycles. The number of hydrogen-bond donors (Lipinski definition) is 1. The average molecular weight is 260 g/mol. The van der Waals surface area contributed by atoms with Crippen molar-refractivity contribution < 1.29 is 0 Å². The molecular formula is C10H18BrN3. The maximum atomic E-state index is 4.40. The van der Waals surface area contributed by atoms with Crippen LogP contribution in [0.3, 0.4) is 0 Å². The molecule has 14 heavy (non-hydrogen) atoms. The molecular weight excluding hydrogens is 242 g/mol. The van der Waals surface area contributed by atoms with Crippen molar-refractivity contribution in [1.29, 1.82) is 0 Å². The molecule has 1 aromatic heterocycles. The first-order valence-electron chi connectivity index (χ1n) is 5.06. The molecule has 1 rings (SSSR count). The zero-order valence-electron chi connectivity index (χ0n) is 8.89. The second kappa shape index (κ2) is 6.19. The van der Waals surface area contributed by atoms with Gasteiger partial charge >= 0.3 is 0 Å². The lowest BCUT2D eigenvalue weighted by Crippen LogP contribution is -2.17. The molecule has 0 aromatic carbocycles. The van der Waals surface area contributed by atoms with Gasteiger partial charge < -0.3 is 5.32 Å². The molecule has 0 saturated carbocycles. The molecule has 0 saturated heterocycles. The number of rotatable bonds is 6. The molecule has 0 bridgehead atoms. The van der Waals surface area contributed by atoms with E-state index in [4.69, 9.17) is 0 Å². The Bertz CT molecular complexity index is 270. The van der Waals surface area contributed by atoms with Gasteiger partial charge in [0.15, 0.2) is 0 Å². The van der Waals surface area contributed by atoms with Gasteiger partial charge in [-0.05, 0) is 25.5 Å². The van der Waals surface area contributed by atoms with Crippen LogP contribution in [0.25, 0.3) is 0 Å². The molecule has 80 valence electrons. The summed E-state index contributed by atoms with van der Waals surface area (Å²) in [7, 11) is 2.00. The fourth-order valence-electron chi connectivity index (χ4n) is 1.32. The molecule has 0 spiro atoms. The number of aromatic nitrogens is 2. The maximum absolute atomic E-state index is 4.40. The first kappa shape index (κ1) is 11.7. The monoisotopic (exact) mass is 259 g/mol. The van der Waals surface area contributed by atoms with Crippen LogP contribution in [0.2, 0.25) is 0 Å². The van der Waals surface area contributed by atoms with E-state index in [2.05, 4.69) is 39.3 Å². The van der Waals surface area contributed by atoms with E-state index in [0.717, 1.165) is 24.8 Å². The lowest BCUT2D eigenvalue weighted by atomic mass is 10.3. The van der Waals surface area contributed by atoms with Crippen LogP contribution in [0.15, 0.2) is 6.07 Å². The number of alkyl halides is 1. The van der Waals surface area contributed by atoms with Crippen LogP contribution in [-0.4, -0.2) is 21.7 Å². The van der Waals surface area contributed by atoms with E-state index >= 15 is 0 Å². The van der Waals surface area contributed by atoms with Gasteiger partial charge in [0.2, 0.25) is 0 Å². The van der Waals surface area contributed by atoms with E-state index in [1.807, 2.05) is 11.7 Å². The molecule has 0 fully saturated rings. The van der Waals surface area contributed by atoms with Gasteiger partial charge in [-0.1, -0.05) is 22.9 Å². The first-order valence-corrected chi connectivity index (χ1v) is 6.18. The van der Waals surface area contributed by atoms with E-state index < -0.39 is 0 Å². The number of nitrogens with one attached hydrogen (secondary N) is 1. The molecule has 0 amide bonds. The number of hydrogen-bond acceptors (Lipinski definition) is 2. The van der Waals surface area contributed by atoms with E-state index in [0.29, 0.717) is 0 Å². The van der Waals surface area contributed by atoms with Gasteiger partial charge in [0, 0.05) is 18.9 Å². The Hall–Kier alpha value is -0.350. The molecule has 4 heteroatoms. The Kier molecular flexibility index (Phi) is 5.19. The summed E-state index contributed by atoms with van der Waals surface area (Å²) in [5.41, 5.74) is 2.43. The number of nitrogens with zero attached hydrogens (tertiary/aromatic N) is 2. The minimum atomic E-state index is 0.913. The summed E-state index contributed by atoms with van der Waals surface area (Å²) in [6.07, 6.45) is 2.17. The highest BCUT2D eigenvalue weighted by atomic mass is 79.9. The molecule has 0 aliphatic rings. The fraction of sp³-hybridized carbons (Fsp3) is 0.700. The highest BCUT2D eigenvalue weighted by Gasteiger charge is 2.02. The van der Waals surface area contributed by atoms with Crippen molar-refractivity contribution in [2.24, 2.45) is 7.05 Å². The molecule has 3 nitrogen and oxygen atoms in total. The number of aryl methyl sites for hydroxylation is 2. The van der Waals surface area contributed by atoms with Gasteiger partial charge in [0.1, 0.15) is 0 Å². The summed E-state index contributed by atoms with van der Waals surface area (Å²) in [6, 6.07) is 2.17. The SMILES string of the molecule is CCc1cc(CNCCCBr)n(C)n1. The molecule has 0 aliphatic heterocycles. The minimum absolute atomic E-state index is 0.913. The van der Waals surface area contributed by atoms with E-state index in [1.165, 1.54) is 17.8 Å². The third kappa shape index (κ3) is 3.42. The van der Waals surface area contributed by atoms with Gasteiger partial charge in [-0.25, -0.2) is 0 Å². The second-order valence-corrected chi connectivity index (χ2v) is 4.12. The predicted molar refractivity (Wildman–Crippen MR) is 62.7 cm³/mol. The maximum Gasteiger partial charge on any atom is 0.0625 e. The normalized spacial score (nSPS) is 10.8. The van der Waals surface area contributed by atoms with Crippen molar-refractivity contribution in [1.82, 2.24) is 15.1 Å². The third-order valence-electron chi connectivity index (χ3n) is 2.18. The Balaban J connectivity index is 2.38. The minimum Gasteiger partial charge on any atom is -0.311 e. The van der Waals surface area contributed by atoms with Crippen LogP contribution in [0.5, 0.6) is 0 Å². The molecule has 0 radical (unpaired) electrons. The van der Waals surface area contributed by atoms with E-state index in [1.54, 1.807) is 0 Å². The van der Waals surface area contributed by atoms with Crippen molar-refractivity contribution in [2.75, 3.05) is 11.9 Å². The lowest BCUT2D eigenvalue weighted by Gasteiger charge is -2.03. The van der Waals surface area contributed by atoms with Crippen molar-refractivity contribution in [3.05, 3.63) is 17.5 Å². The predicted octanol–water partition coefficient (Wildman–Crippen LogP) is 1.86. The van der Waals surface area contributed by atoms with Crippen LogP contribution in [-0.2, 0) is 20.0 Å². The molecule has 1 aromatic rings. The molecule has 1 heterocycles. The van der Waals surface area contributed by atoms with Crippen LogP contribution in [0, 0.1) is 0 Å². The molecule has 1 N–H and O–H groups in total. The van der Waals surface area contributed by atoms with Crippen molar-refractivity contribution >= 4 is 15.9 Å². The zero-order valence-corrected chi connectivity index (χ0v) is 10.5. The quantitative estimate of drug-likeness (QED) is 0.625. The Morgan fingerprint density at radius 2 is 2.36 bits per heavy atom. The Morgan fingerprint density at radius 3 is 2.93 bits per heavy atom. The van der Waals surface area contributed by atoms with E-state index in [9.17, 15) is 0 Å². The Labute approximate surface area is 94.0 Å². The number of halogens is 1. The van der Waals surface area contributed by atoms with Gasteiger partial charge in [0.05, 0.1) is 11.4 Å². The van der Waals surface area contributed by atoms with Gasteiger partial charge in [-0.3, -0.25) is 4.68 Å². The largest absolute Gasteiger partial charge is 0.311 e. The zero-order chi connectivity index (χ0) is 10.4. The smallest absolute Gasteiger partial charge is 0.0625 e. The van der Waals surface area contributed by atoms with Crippen LogP contribution < -0.4 is 5.32 Å². The lowest BCUT2D eigenvalue weighted by molar-refractivity contribution is 0.620. The first-order chi connectivity index (χ1) is 6.77. The fourth-order valence-corrected chi connectivity index (χ4v) is 1.60. The highest BCUT2D eigenvalue weighted by Crippen LogP contribution is 2.03. The molecule has 0 atom stereocenters. The average Bonchev–Trinajstić information content (AvgIpc) is 2.54. The summed E-state index contributed by atoms with van der Waals surface area (Å²) < 4.78 is 1.96. The van der Waals surface area contributed by atoms with Crippen LogP contribution in [0.1, 0.15) is 24.7 Å². The summed E-state index contributed by atoms with van der Waals surface area (Å²) in [4.78, 5) is 0. The van der Waals surface area contributed by atoms with Gasteiger partial charge in [-0.2, -0.15) is 5.10 Å². The summed E-state index contributed by atoms with van der Waals surface area (Å²) >= 11 is 3.41. The van der Waals surface area contributed by atoms with E-state index in [-0.39, 0.29) is 0 Å². The summed E-state index contributed by atoms with van der Waals surface area (Å²) in [6.45, 7) is 4.10. The molecule has 0 unspecified atom stereocenters. The second-order valence-electron chi connectivity index (χ2n) is 3.32. The Morgan fingerprint density at radius 1 is 1.57 bits per heavy atom. The topological polar surface area (TPSA) is 29.9 Å². The van der Waals surface area contributed by atoms with Crippen LogP contribution >= 0.6 is 15.9 Å². The van der Waals surface area contributed by atoms with Crippen LogP contribution in [0.4, 0.5) is 0 Å². The van der Waals surface area contributed by atoms with Crippen molar-refractivity contribution in [3.63, 3.8) is 0 Å². The highest BCUT2D eigenvalue weighted by molar-refractivity contribution is 9.09. The van der Waals surface area contributed by atoms with Gasteiger partial charge in [-0.15, -0.1) is 0 Å². The summed E-state index contributed by atoms with van der Waals surface area (Å²) in [5, 5.41) is 8.85. The third-order valence-corrected chi connectivity index (χ3v) is 2.74. The van der Waals surface area contributed by atoms with Crippen molar-refractivity contribution in [3.8, 4) is 0 Å².